The number of aryl methyl sites for hydroxylation is 2. The number of carbonyl (C=O) groups is 1. The maximum Gasteiger partial charge on any atom is 0.243 e. The zero-order valence-electron chi connectivity index (χ0n) is 14.4. The van der Waals surface area contributed by atoms with Crippen LogP contribution in [0.25, 0.3) is 0 Å². The second-order valence-corrected chi connectivity index (χ2v) is 8.57. The lowest BCUT2D eigenvalue weighted by Gasteiger charge is -2.34. The van der Waals surface area contributed by atoms with Crippen molar-refractivity contribution < 1.29 is 13.2 Å². The number of hydrogen-bond donors (Lipinski definition) is 0. The van der Waals surface area contributed by atoms with Gasteiger partial charge in [-0.1, -0.05) is 19.9 Å². The van der Waals surface area contributed by atoms with Crippen LogP contribution in [-0.2, 0) is 14.8 Å². The molecule has 1 aromatic carbocycles. The molecule has 1 aliphatic rings. The highest BCUT2D eigenvalue weighted by molar-refractivity contribution is 7.89. The van der Waals surface area contributed by atoms with Gasteiger partial charge in [-0.25, -0.2) is 8.42 Å². The van der Waals surface area contributed by atoms with Gasteiger partial charge in [-0.3, -0.25) is 4.79 Å². The van der Waals surface area contributed by atoms with Crippen molar-refractivity contribution in [3.8, 4) is 0 Å². The van der Waals surface area contributed by atoms with E-state index in [4.69, 9.17) is 0 Å². The van der Waals surface area contributed by atoms with Crippen LogP contribution < -0.4 is 0 Å². The van der Waals surface area contributed by atoms with Crippen LogP contribution in [0.5, 0.6) is 0 Å². The van der Waals surface area contributed by atoms with E-state index in [9.17, 15) is 13.2 Å². The Kier molecular flexibility index (Phi) is 5.47. The molecule has 0 N–H and O–H groups in total. The Bertz CT molecular complexity index is 675. The molecule has 2 rings (SSSR count). The summed E-state index contributed by atoms with van der Waals surface area (Å²) in [7, 11) is -3.48. The number of carbonyl (C=O) groups excluding carboxylic acids is 1. The fraction of sp³-hybridized carbons (Fsp3) is 0.588. The normalized spacial score (nSPS) is 16.8. The average molecular weight is 338 g/mol. The van der Waals surface area contributed by atoms with Crippen LogP contribution in [0.15, 0.2) is 23.1 Å². The summed E-state index contributed by atoms with van der Waals surface area (Å²) in [4.78, 5) is 14.2. The predicted octanol–water partition coefficient (Wildman–Crippen LogP) is 2.18. The average Bonchev–Trinajstić information content (AvgIpc) is 2.49. The van der Waals surface area contributed by atoms with Gasteiger partial charge in [0.2, 0.25) is 15.9 Å². The molecule has 1 saturated heterocycles. The van der Waals surface area contributed by atoms with Crippen molar-refractivity contribution in [2.24, 2.45) is 5.92 Å². The third kappa shape index (κ3) is 4.12. The number of hydrogen-bond acceptors (Lipinski definition) is 3. The fourth-order valence-corrected chi connectivity index (χ4v) is 4.19. The molecule has 0 spiro atoms. The van der Waals surface area contributed by atoms with Crippen molar-refractivity contribution in [1.82, 2.24) is 9.21 Å². The summed E-state index contributed by atoms with van der Waals surface area (Å²) in [6.07, 6.45) is 0.518. The van der Waals surface area contributed by atoms with Crippen molar-refractivity contribution >= 4 is 15.9 Å². The SMILES string of the molecule is Cc1ccc(S(=O)(=O)N2CCN(C(=O)CC(C)C)CC2)cc1C. The molecule has 0 radical (unpaired) electrons. The maximum atomic E-state index is 12.7. The van der Waals surface area contributed by atoms with Gasteiger partial charge in [0.1, 0.15) is 0 Å². The molecule has 1 heterocycles. The van der Waals surface area contributed by atoms with E-state index in [0.717, 1.165) is 11.1 Å². The van der Waals surface area contributed by atoms with E-state index in [1.165, 1.54) is 4.31 Å². The van der Waals surface area contributed by atoms with Crippen LogP contribution in [0.2, 0.25) is 0 Å². The first-order valence-corrected chi connectivity index (χ1v) is 9.51. The molecule has 1 aromatic rings. The summed E-state index contributed by atoms with van der Waals surface area (Å²) in [5, 5.41) is 0. The van der Waals surface area contributed by atoms with Gasteiger partial charge in [-0.15, -0.1) is 0 Å². The van der Waals surface area contributed by atoms with Gasteiger partial charge < -0.3 is 4.90 Å². The van der Waals surface area contributed by atoms with Gasteiger partial charge in [0.15, 0.2) is 0 Å². The van der Waals surface area contributed by atoms with E-state index >= 15 is 0 Å². The van der Waals surface area contributed by atoms with Gasteiger partial charge >= 0.3 is 0 Å². The molecule has 0 atom stereocenters. The summed E-state index contributed by atoms with van der Waals surface area (Å²) in [6.45, 7) is 9.56. The molecule has 128 valence electrons. The molecule has 0 saturated carbocycles. The molecule has 1 aliphatic heterocycles. The van der Waals surface area contributed by atoms with Crippen molar-refractivity contribution in [1.29, 1.82) is 0 Å². The van der Waals surface area contributed by atoms with E-state index in [0.29, 0.717) is 43.4 Å². The Labute approximate surface area is 139 Å². The van der Waals surface area contributed by atoms with Crippen LogP contribution in [0.3, 0.4) is 0 Å². The number of benzene rings is 1. The Morgan fingerprint density at radius 2 is 1.70 bits per heavy atom. The summed E-state index contributed by atoms with van der Waals surface area (Å²) in [5.41, 5.74) is 2.05. The van der Waals surface area contributed by atoms with Gasteiger partial charge in [-0.05, 0) is 43.0 Å². The smallest absolute Gasteiger partial charge is 0.243 e. The maximum absolute atomic E-state index is 12.7. The molecule has 6 heteroatoms. The number of rotatable bonds is 4. The first-order chi connectivity index (χ1) is 10.7. The quantitative estimate of drug-likeness (QED) is 0.845. The van der Waals surface area contributed by atoms with Crippen molar-refractivity contribution in [3.63, 3.8) is 0 Å². The highest BCUT2D eigenvalue weighted by Gasteiger charge is 2.30. The van der Waals surface area contributed by atoms with Crippen LogP contribution in [0, 0.1) is 19.8 Å². The lowest BCUT2D eigenvalue weighted by atomic mass is 10.1. The Balaban J connectivity index is 2.06. The number of piperazine rings is 1. The third-order valence-corrected chi connectivity index (χ3v) is 6.18. The van der Waals surface area contributed by atoms with Crippen molar-refractivity contribution in [2.75, 3.05) is 26.2 Å². The molecule has 1 fully saturated rings. The van der Waals surface area contributed by atoms with Gasteiger partial charge in [0.25, 0.3) is 0 Å². The number of sulfonamides is 1. The molecular formula is C17H26N2O3S. The second kappa shape index (κ2) is 7.01. The lowest BCUT2D eigenvalue weighted by molar-refractivity contribution is -0.133. The largest absolute Gasteiger partial charge is 0.340 e. The van der Waals surface area contributed by atoms with Crippen LogP contribution >= 0.6 is 0 Å². The van der Waals surface area contributed by atoms with Crippen molar-refractivity contribution in [2.45, 2.75) is 39.0 Å². The highest BCUT2D eigenvalue weighted by Crippen LogP contribution is 2.20. The summed E-state index contributed by atoms with van der Waals surface area (Å²) in [5.74, 6) is 0.433. The van der Waals surface area contributed by atoms with Crippen LogP contribution in [0.4, 0.5) is 0 Å². The number of amides is 1. The Morgan fingerprint density at radius 3 is 2.22 bits per heavy atom. The molecule has 0 bridgehead atoms. The van der Waals surface area contributed by atoms with E-state index in [2.05, 4.69) is 0 Å². The van der Waals surface area contributed by atoms with Gasteiger partial charge in [0, 0.05) is 32.6 Å². The highest BCUT2D eigenvalue weighted by atomic mass is 32.2. The van der Waals surface area contributed by atoms with E-state index in [1.54, 1.807) is 17.0 Å². The number of nitrogens with zero attached hydrogens (tertiary/aromatic N) is 2. The van der Waals surface area contributed by atoms with E-state index < -0.39 is 10.0 Å². The first-order valence-electron chi connectivity index (χ1n) is 8.07. The van der Waals surface area contributed by atoms with Crippen molar-refractivity contribution in [3.05, 3.63) is 29.3 Å². The molecule has 0 unspecified atom stereocenters. The van der Waals surface area contributed by atoms with Gasteiger partial charge in [-0.2, -0.15) is 4.31 Å². The second-order valence-electron chi connectivity index (χ2n) is 6.63. The predicted molar refractivity (Wildman–Crippen MR) is 90.7 cm³/mol. The van der Waals surface area contributed by atoms with E-state index in [-0.39, 0.29) is 5.91 Å². The van der Waals surface area contributed by atoms with Crippen LogP contribution in [-0.4, -0.2) is 49.7 Å². The van der Waals surface area contributed by atoms with Crippen LogP contribution in [0.1, 0.15) is 31.4 Å². The zero-order chi connectivity index (χ0) is 17.2. The zero-order valence-corrected chi connectivity index (χ0v) is 15.2. The molecule has 5 nitrogen and oxygen atoms in total. The van der Waals surface area contributed by atoms with Gasteiger partial charge in [0.05, 0.1) is 4.90 Å². The fourth-order valence-electron chi connectivity index (χ4n) is 2.68. The minimum absolute atomic E-state index is 0.114. The third-order valence-electron chi connectivity index (χ3n) is 4.29. The Hall–Kier alpha value is -1.40. The minimum atomic E-state index is -3.48. The molecule has 23 heavy (non-hydrogen) atoms. The Morgan fingerprint density at radius 1 is 1.09 bits per heavy atom. The minimum Gasteiger partial charge on any atom is -0.340 e. The monoisotopic (exact) mass is 338 g/mol. The van der Waals surface area contributed by atoms with E-state index in [1.807, 2.05) is 33.8 Å². The molecule has 0 aliphatic carbocycles. The standard InChI is InChI=1S/C17H26N2O3S/c1-13(2)11-17(20)18-7-9-19(10-8-18)23(21,22)16-6-5-14(3)15(4)12-16/h5-6,12-13H,7-11H2,1-4H3. The first kappa shape index (κ1) is 17.9. The topological polar surface area (TPSA) is 57.7 Å². The summed E-state index contributed by atoms with van der Waals surface area (Å²) >= 11 is 0. The summed E-state index contributed by atoms with van der Waals surface area (Å²) < 4.78 is 26.9. The molecule has 1 amide bonds. The summed E-state index contributed by atoms with van der Waals surface area (Å²) in [6, 6.07) is 5.22. The molecule has 0 aromatic heterocycles. The lowest BCUT2D eigenvalue weighted by Crippen LogP contribution is -2.50. The molecular weight excluding hydrogens is 312 g/mol.